The van der Waals surface area contributed by atoms with E-state index in [2.05, 4.69) is 20.4 Å². The molecule has 1 fully saturated rings. The maximum atomic E-state index is 12.3. The number of hydrogen-bond acceptors (Lipinski definition) is 5. The standard InChI is InChI=1S/C17H21N5O/c18-16(13-6-2-1-3-7-13)17(23)19-12-14-8-5-11-22(14)15-9-4-10-20-21-15/h1-4,6-7,9-10,14,16H,5,8,11-12,18H2,(H,19,23). The number of aromatic nitrogens is 2. The molecule has 0 bridgehead atoms. The van der Waals surface area contributed by atoms with Crippen LogP contribution in [0.2, 0.25) is 0 Å². The van der Waals surface area contributed by atoms with E-state index in [-0.39, 0.29) is 11.9 Å². The second-order valence-corrected chi connectivity index (χ2v) is 5.70. The van der Waals surface area contributed by atoms with Crippen molar-refractivity contribution < 1.29 is 4.79 Å². The number of carbonyl (C=O) groups is 1. The van der Waals surface area contributed by atoms with E-state index in [0.29, 0.717) is 6.54 Å². The van der Waals surface area contributed by atoms with Crippen molar-refractivity contribution in [3.63, 3.8) is 0 Å². The van der Waals surface area contributed by atoms with Gasteiger partial charge in [0.15, 0.2) is 5.82 Å². The Hall–Kier alpha value is -2.47. The molecule has 1 aliphatic rings. The van der Waals surface area contributed by atoms with E-state index in [1.807, 2.05) is 42.5 Å². The van der Waals surface area contributed by atoms with Crippen molar-refractivity contribution in [1.29, 1.82) is 0 Å². The minimum atomic E-state index is -0.637. The number of benzene rings is 1. The van der Waals surface area contributed by atoms with E-state index < -0.39 is 6.04 Å². The van der Waals surface area contributed by atoms with Gasteiger partial charge in [0.1, 0.15) is 6.04 Å². The molecule has 2 heterocycles. The molecule has 2 unspecified atom stereocenters. The molecule has 2 atom stereocenters. The molecule has 1 aliphatic heterocycles. The summed E-state index contributed by atoms with van der Waals surface area (Å²) < 4.78 is 0. The van der Waals surface area contributed by atoms with Crippen LogP contribution < -0.4 is 16.0 Å². The lowest BCUT2D eigenvalue weighted by atomic mass is 10.1. The van der Waals surface area contributed by atoms with Crippen molar-refractivity contribution >= 4 is 11.7 Å². The molecule has 1 aromatic carbocycles. The first-order chi connectivity index (χ1) is 11.3. The molecule has 0 saturated carbocycles. The monoisotopic (exact) mass is 311 g/mol. The van der Waals surface area contributed by atoms with Gasteiger partial charge in [0.2, 0.25) is 5.91 Å². The molecule has 0 spiro atoms. The lowest BCUT2D eigenvalue weighted by Gasteiger charge is -2.26. The smallest absolute Gasteiger partial charge is 0.241 e. The van der Waals surface area contributed by atoms with E-state index in [0.717, 1.165) is 30.8 Å². The fourth-order valence-corrected chi connectivity index (χ4v) is 2.94. The molecule has 120 valence electrons. The van der Waals surface area contributed by atoms with Crippen LogP contribution in [0.3, 0.4) is 0 Å². The molecular formula is C17H21N5O. The second kappa shape index (κ2) is 7.19. The zero-order chi connectivity index (χ0) is 16.1. The summed E-state index contributed by atoms with van der Waals surface area (Å²) in [4.78, 5) is 14.5. The molecule has 0 aliphatic carbocycles. The van der Waals surface area contributed by atoms with Gasteiger partial charge < -0.3 is 16.0 Å². The summed E-state index contributed by atoms with van der Waals surface area (Å²) >= 11 is 0. The highest BCUT2D eigenvalue weighted by Gasteiger charge is 2.27. The normalized spacial score (nSPS) is 18.7. The lowest BCUT2D eigenvalue weighted by molar-refractivity contribution is -0.122. The Kier molecular flexibility index (Phi) is 4.83. The first-order valence-corrected chi connectivity index (χ1v) is 7.88. The summed E-state index contributed by atoms with van der Waals surface area (Å²) in [6.07, 6.45) is 3.77. The van der Waals surface area contributed by atoms with Crippen LogP contribution in [0.1, 0.15) is 24.4 Å². The van der Waals surface area contributed by atoms with Gasteiger partial charge in [-0.2, -0.15) is 5.10 Å². The van der Waals surface area contributed by atoms with Gasteiger partial charge in [-0.05, 0) is 30.5 Å². The van der Waals surface area contributed by atoms with Crippen LogP contribution >= 0.6 is 0 Å². The number of rotatable bonds is 5. The Balaban J connectivity index is 1.58. The van der Waals surface area contributed by atoms with Crippen molar-refractivity contribution in [2.24, 2.45) is 5.73 Å². The fraction of sp³-hybridized carbons (Fsp3) is 0.353. The first kappa shape index (κ1) is 15.4. The van der Waals surface area contributed by atoms with Gasteiger partial charge in [-0.3, -0.25) is 4.79 Å². The van der Waals surface area contributed by atoms with Crippen molar-refractivity contribution in [1.82, 2.24) is 15.5 Å². The first-order valence-electron chi connectivity index (χ1n) is 7.88. The van der Waals surface area contributed by atoms with E-state index in [4.69, 9.17) is 5.73 Å². The second-order valence-electron chi connectivity index (χ2n) is 5.70. The number of nitrogens with one attached hydrogen (secondary N) is 1. The van der Waals surface area contributed by atoms with E-state index in [9.17, 15) is 4.79 Å². The molecule has 0 radical (unpaired) electrons. The Morgan fingerprint density at radius 2 is 2.13 bits per heavy atom. The maximum Gasteiger partial charge on any atom is 0.241 e. The number of nitrogens with zero attached hydrogens (tertiary/aromatic N) is 3. The third-order valence-electron chi connectivity index (χ3n) is 4.18. The van der Waals surface area contributed by atoms with Crippen LogP contribution in [0.5, 0.6) is 0 Å². The molecule has 2 aromatic rings. The van der Waals surface area contributed by atoms with Gasteiger partial charge in [0.05, 0.1) is 0 Å². The van der Waals surface area contributed by atoms with E-state index in [1.165, 1.54) is 0 Å². The average molecular weight is 311 g/mol. The van der Waals surface area contributed by atoms with Gasteiger partial charge >= 0.3 is 0 Å². The van der Waals surface area contributed by atoms with Crippen molar-refractivity contribution in [2.45, 2.75) is 24.9 Å². The van der Waals surface area contributed by atoms with Gasteiger partial charge in [0, 0.05) is 25.3 Å². The summed E-state index contributed by atoms with van der Waals surface area (Å²) in [7, 11) is 0. The number of amides is 1. The van der Waals surface area contributed by atoms with Gasteiger partial charge in [-0.1, -0.05) is 30.3 Å². The quantitative estimate of drug-likeness (QED) is 0.868. The Labute approximate surface area is 135 Å². The van der Waals surface area contributed by atoms with Crippen LogP contribution in [0.25, 0.3) is 0 Å². The van der Waals surface area contributed by atoms with Crippen LogP contribution in [0, 0.1) is 0 Å². The molecule has 6 nitrogen and oxygen atoms in total. The highest BCUT2D eigenvalue weighted by molar-refractivity contribution is 5.82. The Bertz CT molecular complexity index is 634. The third kappa shape index (κ3) is 3.65. The highest BCUT2D eigenvalue weighted by atomic mass is 16.2. The molecule has 1 aromatic heterocycles. The molecular weight excluding hydrogens is 290 g/mol. The molecule has 1 saturated heterocycles. The van der Waals surface area contributed by atoms with Crippen molar-refractivity contribution in [3.05, 3.63) is 54.2 Å². The predicted octanol–water partition coefficient (Wildman–Crippen LogP) is 1.26. The van der Waals surface area contributed by atoms with E-state index in [1.54, 1.807) is 6.20 Å². The minimum absolute atomic E-state index is 0.151. The topological polar surface area (TPSA) is 84.1 Å². The van der Waals surface area contributed by atoms with Gasteiger partial charge in [0.25, 0.3) is 0 Å². The van der Waals surface area contributed by atoms with Crippen LogP contribution in [-0.2, 0) is 4.79 Å². The van der Waals surface area contributed by atoms with Gasteiger partial charge in [-0.25, -0.2) is 0 Å². The van der Waals surface area contributed by atoms with Crippen LogP contribution in [0.15, 0.2) is 48.7 Å². The number of hydrogen-bond donors (Lipinski definition) is 2. The number of anilines is 1. The SMILES string of the molecule is NC(C(=O)NCC1CCCN1c1cccnn1)c1ccccc1. The molecule has 3 N–H and O–H groups in total. The van der Waals surface area contributed by atoms with Crippen LogP contribution in [0.4, 0.5) is 5.82 Å². The molecule has 23 heavy (non-hydrogen) atoms. The van der Waals surface area contributed by atoms with E-state index >= 15 is 0 Å². The zero-order valence-corrected chi connectivity index (χ0v) is 12.9. The summed E-state index contributed by atoms with van der Waals surface area (Å²) in [6.45, 7) is 1.50. The molecule has 1 amide bonds. The summed E-state index contributed by atoms with van der Waals surface area (Å²) in [5.41, 5.74) is 6.84. The number of carbonyl (C=O) groups excluding carboxylic acids is 1. The Morgan fingerprint density at radius 1 is 1.30 bits per heavy atom. The highest BCUT2D eigenvalue weighted by Crippen LogP contribution is 2.22. The third-order valence-corrected chi connectivity index (χ3v) is 4.18. The van der Waals surface area contributed by atoms with Crippen LogP contribution in [-0.4, -0.2) is 35.2 Å². The maximum absolute atomic E-state index is 12.3. The minimum Gasteiger partial charge on any atom is -0.352 e. The molecule has 6 heteroatoms. The largest absolute Gasteiger partial charge is 0.352 e. The fourth-order valence-electron chi connectivity index (χ4n) is 2.94. The molecule has 3 rings (SSSR count). The summed E-state index contributed by atoms with van der Waals surface area (Å²) in [5.74, 6) is 0.707. The summed E-state index contributed by atoms with van der Waals surface area (Å²) in [5, 5.41) is 11.1. The average Bonchev–Trinajstić information content (AvgIpc) is 3.09. The predicted molar refractivity (Wildman–Crippen MR) is 88.8 cm³/mol. The van der Waals surface area contributed by atoms with Crippen molar-refractivity contribution in [3.8, 4) is 0 Å². The Morgan fingerprint density at radius 3 is 2.87 bits per heavy atom. The lowest BCUT2D eigenvalue weighted by Crippen LogP contribution is -2.43. The zero-order valence-electron chi connectivity index (χ0n) is 12.9. The summed E-state index contributed by atoms with van der Waals surface area (Å²) in [6, 6.07) is 12.8. The van der Waals surface area contributed by atoms with Gasteiger partial charge in [-0.15, -0.1) is 5.10 Å². The number of nitrogens with two attached hydrogens (primary N) is 1. The van der Waals surface area contributed by atoms with Crippen molar-refractivity contribution in [2.75, 3.05) is 18.0 Å².